The van der Waals surface area contributed by atoms with Gasteiger partial charge in [0.05, 0.1) is 22.2 Å². The third kappa shape index (κ3) is 4.59. The molecular formula is C28H25F4N3O2. The number of hydrogen-bond donors (Lipinski definition) is 2. The maximum Gasteiger partial charge on any atom is 0.337 e. The molecule has 1 fully saturated rings. The number of halogens is 4. The zero-order chi connectivity index (χ0) is 26.4. The number of benzene rings is 3. The number of aromatic carboxylic acids is 1. The number of aromatic amines is 1. The number of hydrogen-bond acceptors (Lipinski definition) is 3. The second kappa shape index (κ2) is 9.63. The van der Waals surface area contributed by atoms with Crippen LogP contribution in [-0.2, 0) is 6.54 Å². The smallest absolute Gasteiger partial charge is 0.337 e. The molecule has 1 saturated heterocycles. The summed E-state index contributed by atoms with van der Waals surface area (Å²) < 4.78 is 61.0. The fraction of sp³-hybridized carbons (Fsp3) is 0.286. The fourth-order valence-electron chi connectivity index (χ4n) is 4.94. The summed E-state index contributed by atoms with van der Waals surface area (Å²) in [6.45, 7) is 6.43. The van der Waals surface area contributed by atoms with Crippen LogP contribution in [0.2, 0.25) is 0 Å². The Morgan fingerprint density at radius 1 is 0.973 bits per heavy atom. The molecule has 0 unspecified atom stereocenters. The number of aromatic nitrogens is 2. The second-order valence-electron chi connectivity index (χ2n) is 9.71. The van der Waals surface area contributed by atoms with Crippen LogP contribution in [0.3, 0.4) is 0 Å². The SMILES string of the molecule is Cc1nc2c(C(=O)O)cc(-c3c(F)c(F)c(-c4ccc(CN5CCC(C)CC5)cc4)c(F)c3F)cc2[nH]1. The summed E-state index contributed by atoms with van der Waals surface area (Å²) in [6, 6.07) is 8.47. The van der Waals surface area contributed by atoms with Crippen LogP contribution in [0, 0.1) is 36.1 Å². The Balaban J connectivity index is 1.53. The molecule has 5 rings (SSSR count). The lowest BCUT2D eigenvalue weighted by Crippen LogP contribution is -2.32. The quantitative estimate of drug-likeness (QED) is 0.231. The lowest BCUT2D eigenvalue weighted by molar-refractivity contribution is 0.0699. The van der Waals surface area contributed by atoms with Crippen LogP contribution in [0.25, 0.3) is 33.3 Å². The summed E-state index contributed by atoms with van der Waals surface area (Å²) in [6.07, 6.45) is 2.22. The minimum Gasteiger partial charge on any atom is -0.478 e. The molecule has 0 radical (unpaired) electrons. The van der Waals surface area contributed by atoms with Crippen molar-refractivity contribution in [1.29, 1.82) is 0 Å². The highest BCUT2D eigenvalue weighted by Crippen LogP contribution is 2.38. The van der Waals surface area contributed by atoms with E-state index in [1.807, 2.05) is 0 Å². The number of nitrogens with zero attached hydrogens (tertiary/aromatic N) is 2. The van der Waals surface area contributed by atoms with Crippen LogP contribution < -0.4 is 0 Å². The first kappa shape index (κ1) is 25.0. The number of fused-ring (bicyclic) bond motifs is 1. The van der Waals surface area contributed by atoms with Crippen molar-refractivity contribution >= 4 is 17.0 Å². The van der Waals surface area contributed by atoms with Gasteiger partial charge in [-0.1, -0.05) is 31.2 Å². The molecule has 1 aliphatic heterocycles. The molecule has 9 heteroatoms. The second-order valence-corrected chi connectivity index (χ2v) is 9.71. The Bertz CT molecular complexity index is 1480. The number of carbonyl (C=O) groups is 1. The third-order valence-corrected chi connectivity index (χ3v) is 7.01. The number of imidazole rings is 1. The van der Waals surface area contributed by atoms with Crippen molar-refractivity contribution in [3.63, 3.8) is 0 Å². The molecule has 0 spiro atoms. The van der Waals surface area contributed by atoms with Gasteiger partial charge in [0, 0.05) is 6.54 Å². The first-order chi connectivity index (χ1) is 17.6. The average Bonchev–Trinajstić information content (AvgIpc) is 3.25. The Morgan fingerprint density at radius 3 is 2.11 bits per heavy atom. The molecule has 37 heavy (non-hydrogen) atoms. The highest BCUT2D eigenvalue weighted by Gasteiger charge is 2.28. The summed E-state index contributed by atoms with van der Waals surface area (Å²) in [5, 5.41) is 9.55. The average molecular weight is 512 g/mol. The van der Waals surface area contributed by atoms with Gasteiger partial charge < -0.3 is 10.1 Å². The number of likely N-dealkylation sites (tertiary alicyclic amines) is 1. The maximum atomic E-state index is 15.3. The van der Waals surface area contributed by atoms with Gasteiger partial charge in [0.25, 0.3) is 0 Å². The third-order valence-electron chi connectivity index (χ3n) is 7.01. The predicted octanol–water partition coefficient (Wildman–Crippen LogP) is 6.69. The van der Waals surface area contributed by atoms with Crippen molar-refractivity contribution in [3.8, 4) is 22.3 Å². The zero-order valence-electron chi connectivity index (χ0n) is 20.3. The van der Waals surface area contributed by atoms with Gasteiger partial charge in [-0.25, -0.2) is 27.3 Å². The van der Waals surface area contributed by atoms with E-state index in [-0.39, 0.29) is 27.7 Å². The van der Waals surface area contributed by atoms with Gasteiger partial charge in [0.1, 0.15) is 11.3 Å². The molecule has 192 valence electrons. The van der Waals surface area contributed by atoms with E-state index in [0.717, 1.165) is 37.6 Å². The summed E-state index contributed by atoms with van der Waals surface area (Å²) in [5.74, 6) is -6.63. The van der Waals surface area contributed by atoms with E-state index >= 15 is 17.6 Å². The number of piperidine rings is 1. The Hall–Kier alpha value is -3.72. The van der Waals surface area contributed by atoms with Gasteiger partial charge in [0.15, 0.2) is 23.3 Å². The molecule has 2 heterocycles. The minimum atomic E-state index is -1.60. The van der Waals surface area contributed by atoms with Crippen LogP contribution in [0.1, 0.15) is 41.5 Å². The number of carboxylic acids is 1. The van der Waals surface area contributed by atoms with Crippen LogP contribution in [-0.4, -0.2) is 39.0 Å². The van der Waals surface area contributed by atoms with E-state index in [1.165, 1.54) is 18.2 Å². The molecule has 2 N–H and O–H groups in total. The zero-order valence-corrected chi connectivity index (χ0v) is 20.3. The molecule has 0 saturated carbocycles. The Morgan fingerprint density at radius 2 is 1.54 bits per heavy atom. The first-order valence-electron chi connectivity index (χ1n) is 12.1. The van der Waals surface area contributed by atoms with Crippen molar-refractivity contribution in [2.45, 2.75) is 33.2 Å². The predicted molar refractivity (Wildman–Crippen MR) is 132 cm³/mol. The van der Waals surface area contributed by atoms with Crippen molar-refractivity contribution in [2.75, 3.05) is 13.1 Å². The molecule has 1 aliphatic rings. The van der Waals surface area contributed by atoms with Crippen molar-refractivity contribution in [2.24, 2.45) is 5.92 Å². The van der Waals surface area contributed by atoms with Crippen molar-refractivity contribution in [3.05, 3.63) is 76.6 Å². The number of rotatable bonds is 5. The number of nitrogens with one attached hydrogen (secondary N) is 1. The Labute approximate surface area is 210 Å². The highest BCUT2D eigenvalue weighted by atomic mass is 19.2. The van der Waals surface area contributed by atoms with Crippen molar-refractivity contribution in [1.82, 2.24) is 14.9 Å². The summed E-state index contributed by atoms with van der Waals surface area (Å²) >= 11 is 0. The molecule has 0 atom stereocenters. The lowest BCUT2D eigenvalue weighted by Gasteiger charge is -2.30. The molecule has 0 amide bonds. The van der Waals surface area contributed by atoms with Crippen LogP contribution in [0.4, 0.5) is 17.6 Å². The Kier molecular flexibility index (Phi) is 6.49. The van der Waals surface area contributed by atoms with Gasteiger partial charge >= 0.3 is 5.97 Å². The first-order valence-corrected chi connectivity index (χ1v) is 12.1. The lowest BCUT2D eigenvalue weighted by atomic mass is 9.95. The molecule has 3 aromatic carbocycles. The highest BCUT2D eigenvalue weighted by molar-refractivity contribution is 6.03. The number of H-pyrrole nitrogens is 1. The van der Waals surface area contributed by atoms with E-state index < -0.39 is 40.4 Å². The minimum absolute atomic E-state index is 0.00114. The summed E-state index contributed by atoms with van der Waals surface area (Å²) in [7, 11) is 0. The molecule has 1 aromatic heterocycles. The largest absolute Gasteiger partial charge is 0.478 e. The molecule has 4 aromatic rings. The van der Waals surface area contributed by atoms with Crippen LogP contribution in [0.15, 0.2) is 36.4 Å². The summed E-state index contributed by atoms with van der Waals surface area (Å²) in [5.41, 5.74) is -1.28. The van der Waals surface area contributed by atoms with Gasteiger partial charge in [0.2, 0.25) is 0 Å². The van der Waals surface area contributed by atoms with Crippen LogP contribution in [0.5, 0.6) is 0 Å². The summed E-state index contributed by atoms with van der Waals surface area (Å²) in [4.78, 5) is 20.9. The molecular weight excluding hydrogens is 486 g/mol. The van der Waals surface area contributed by atoms with Gasteiger partial charge in [-0.05, 0) is 67.6 Å². The topological polar surface area (TPSA) is 69.2 Å². The number of carboxylic acid groups (broad SMARTS) is 1. The molecule has 5 nitrogen and oxygen atoms in total. The normalized spacial score (nSPS) is 15.0. The number of aryl methyl sites for hydroxylation is 1. The maximum absolute atomic E-state index is 15.3. The van der Waals surface area contributed by atoms with E-state index in [1.54, 1.807) is 19.1 Å². The van der Waals surface area contributed by atoms with Crippen molar-refractivity contribution < 1.29 is 27.5 Å². The molecule has 0 aliphatic carbocycles. The standard InChI is InChI=1S/C28H25F4N3O2/c1-14-7-9-35(10-8-14)13-16-3-5-17(6-4-16)21-23(29)25(31)22(26(32)24(21)30)18-11-19(28(36)37)27-20(12-18)33-15(2)34-27/h3-6,11-12,14H,7-10,13H2,1-2H3,(H,33,34)(H,36,37). The van der Waals surface area contributed by atoms with E-state index in [0.29, 0.717) is 18.3 Å². The monoisotopic (exact) mass is 511 g/mol. The van der Waals surface area contributed by atoms with Gasteiger partial charge in [-0.2, -0.15) is 0 Å². The van der Waals surface area contributed by atoms with E-state index in [2.05, 4.69) is 21.8 Å². The van der Waals surface area contributed by atoms with E-state index in [9.17, 15) is 9.90 Å². The van der Waals surface area contributed by atoms with Gasteiger partial charge in [-0.3, -0.25) is 4.90 Å². The fourth-order valence-corrected chi connectivity index (χ4v) is 4.94. The van der Waals surface area contributed by atoms with Gasteiger partial charge in [-0.15, -0.1) is 0 Å². The molecule has 0 bridgehead atoms. The van der Waals surface area contributed by atoms with E-state index in [4.69, 9.17) is 0 Å². The van der Waals surface area contributed by atoms with Crippen LogP contribution >= 0.6 is 0 Å².